The van der Waals surface area contributed by atoms with Gasteiger partial charge in [0.15, 0.2) is 0 Å². The summed E-state index contributed by atoms with van der Waals surface area (Å²) in [6, 6.07) is 0.604. The van der Waals surface area contributed by atoms with Crippen LogP contribution in [0.5, 0.6) is 0 Å². The molecule has 1 rings (SSSR count). The van der Waals surface area contributed by atoms with E-state index in [1.165, 1.54) is 25.9 Å². The van der Waals surface area contributed by atoms with Gasteiger partial charge in [-0.15, -0.1) is 12.4 Å². The molecule has 0 aliphatic carbocycles. The van der Waals surface area contributed by atoms with Crippen molar-refractivity contribution in [1.29, 1.82) is 0 Å². The molecule has 0 unspecified atom stereocenters. The summed E-state index contributed by atoms with van der Waals surface area (Å²) in [5.74, 6) is 0. The highest BCUT2D eigenvalue weighted by Gasteiger charge is 2.15. The standard InChI is InChI=1S/C7H16N2.ClH/c1-7(6-8)9-4-2-3-5-9;/h7H,2-6,8H2,1H3;1H/t7-;/m0./s1. The molecule has 1 heterocycles. The lowest BCUT2D eigenvalue weighted by molar-refractivity contribution is 0.264. The van der Waals surface area contributed by atoms with E-state index in [0.717, 1.165) is 6.54 Å². The summed E-state index contributed by atoms with van der Waals surface area (Å²) in [6.45, 7) is 5.53. The molecule has 62 valence electrons. The molecule has 2 nitrogen and oxygen atoms in total. The zero-order valence-electron chi connectivity index (χ0n) is 6.55. The summed E-state index contributed by atoms with van der Waals surface area (Å²) < 4.78 is 0. The Kier molecular flexibility index (Phi) is 5.04. The van der Waals surface area contributed by atoms with Gasteiger partial charge in [-0.05, 0) is 32.9 Å². The highest BCUT2D eigenvalue weighted by molar-refractivity contribution is 5.85. The Balaban J connectivity index is 0.000000810. The Labute approximate surface area is 69.2 Å². The Morgan fingerprint density at radius 2 is 1.90 bits per heavy atom. The number of rotatable bonds is 2. The molecule has 0 radical (unpaired) electrons. The maximum Gasteiger partial charge on any atom is 0.0190 e. The van der Waals surface area contributed by atoms with Gasteiger partial charge in [0.1, 0.15) is 0 Å². The first kappa shape index (κ1) is 10.2. The van der Waals surface area contributed by atoms with Gasteiger partial charge >= 0.3 is 0 Å². The monoisotopic (exact) mass is 164 g/mol. The largest absolute Gasteiger partial charge is 0.329 e. The van der Waals surface area contributed by atoms with Gasteiger partial charge in [-0.25, -0.2) is 0 Å². The minimum absolute atomic E-state index is 0. The fourth-order valence-electron chi connectivity index (χ4n) is 1.33. The van der Waals surface area contributed by atoms with Crippen LogP contribution in [0, 0.1) is 0 Å². The second-order valence-corrected chi connectivity index (χ2v) is 2.83. The van der Waals surface area contributed by atoms with Crippen molar-refractivity contribution >= 4 is 12.4 Å². The van der Waals surface area contributed by atoms with Gasteiger partial charge in [0, 0.05) is 12.6 Å². The molecule has 0 bridgehead atoms. The topological polar surface area (TPSA) is 29.3 Å². The number of likely N-dealkylation sites (tertiary alicyclic amines) is 1. The van der Waals surface area contributed by atoms with Crippen molar-refractivity contribution < 1.29 is 0 Å². The average Bonchev–Trinajstić information content (AvgIpc) is 2.37. The molecular weight excluding hydrogens is 148 g/mol. The van der Waals surface area contributed by atoms with Crippen LogP contribution in [-0.4, -0.2) is 30.6 Å². The Morgan fingerprint density at radius 3 is 2.30 bits per heavy atom. The lowest BCUT2D eigenvalue weighted by Gasteiger charge is -2.21. The Hall–Kier alpha value is 0.210. The van der Waals surface area contributed by atoms with Crippen molar-refractivity contribution in [2.45, 2.75) is 25.8 Å². The quantitative estimate of drug-likeness (QED) is 0.656. The average molecular weight is 165 g/mol. The van der Waals surface area contributed by atoms with E-state index in [1.807, 2.05) is 0 Å². The highest BCUT2D eigenvalue weighted by atomic mass is 35.5. The van der Waals surface area contributed by atoms with Crippen LogP contribution in [-0.2, 0) is 0 Å². The minimum Gasteiger partial charge on any atom is -0.329 e. The van der Waals surface area contributed by atoms with Crippen molar-refractivity contribution in [2.24, 2.45) is 5.73 Å². The number of nitrogens with zero attached hydrogens (tertiary/aromatic N) is 1. The molecule has 0 aromatic heterocycles. The summed E-state index contributed by atoms with van der Waals surface area (Å²) in [5.41, 5.74) is 5.51. The Morgan fingerprint density at radius 1 is 1.40 bits per heavy atom. The molecule has 2 N–H and O–H groups in total. The lowest BCUT2D eigenvalue weighted by Crippen LogP contribution is -2.35. The maximum absolute atomic E-state index is 5.51. The first-order valence-electron chi connectivity index (χ1n) is 3.78. The zero-order valence-corrected chi connectivity index (χ0v) is 7.36. The molecule has 10 heavy (non-hydrogen) atoms. The molecular formula is C7H17ClN2. The molecule has 0 saturated carbocycles. The summed E-state index contributed by atoms with van der Waals surface area (Å²) in [5, 5.41) is 0. The molecule has 0 aromatic rings. The minimum atomic E-state index is 0. The summed E-state index contributed by atoms with van der Waals surface area (Å²) >= 11 is 0. The predicted molar refractivity (Wildman–Crippen MR) is 46.6 cm³/mol. The second-order valence-electron chi connectivity index (χ2n) is 2.83. The van der Waals surface area contributed by atoms with Gasteiger partial charge in [0.2, 0.25) is 0 Å². The fraction of sp³-hybridized carbons (Fsp3) is 1.00. The molecule has 1 aliphatic rings. The van der Waals surface area contributed by atoms with Crippen LogP contribution < -0.4 is 5.73 Å². The second kappa shape index (κ2) is 4.94. The van der Waals surface area contributed by atoms with Crippen LogP contribution in [0.1, 0.15) is 19.8 Å². The van der Waals surface area contributed by atoms with Crippen LogP contribution in [0.3, 0.4) is 0 Å². The van der Waals surface area contributed by atoms with E-state index in [0.29, 0.717) is 6.04 Å². The third-order valence-electron chi connectivity index (χ3n) is 2.11. The highest BCUT2D eigenvalue weighted by Crippen LogP contribution is 2.09. The van der Waals surface area contributed by atoms with E-state index in [9.17, 15) is 0 Å². The van der Waals surface area contributed by atoms with E-state index in [2.05, 4.69) is 11.8 Å². The maximum atomic E-state index is 5.51. The normalized spacial score (nSPS) is 22.2. The molecule has 1 atom stereocenters. The van der Waals surface area contributed by atoms with Gasteiger partial charge in [-0.2, -0.15) is 0 Å². The van der Waals surface area contributed by atoms with Crippen molar-refractivity contribution in [3.8, 4) is 0 Å². The lowest BCUT2D eigenvalue weighted by atomic mass is 10.3. The molecule has 0 aromatic carbocycles. The molecule has 0 amide bonds. The van der Waals surface area contributed by atoms with Gasteiger partial charge in [-0.3, -0.25) is 4.90 Å². The number of hydrogen-bond acceptors (Lipinski definition) is 2. The number of nitrogens with two attached hydrogens (primary N) is 1. The van der Waals surface area contributed by atoms with Gasteiger partial charge in [-0.1, -0.05) is 0 Å². The van der Waals surface area contributed by atoms with Crippen LogP contribution >= 0.6 is 12.4 Å². The molecule has 1 fully saturated rings. The summed E-state index contributed by atoms with van der Waals surface area (Å²) in [6.07, 6.45) is 2.73. The van der Waals surface area contributed by atoms with E-state index in [4.69, 9.17) is 5.73 Å². The third-order valence-corrected chi connectivity index (χ3v) is 2.11. The third kappa shape index (κ3) is 2.45. The van der Waals surface area contributed by atoms with E-state index in [1.54, 1.807) is 0 Å². The number of halogens is 1. The van der Waals surface area contributed by atoms with E-state index >= 15 is 0 Å². The molecule has 3 heteroatoms. The van der Waals surface area contributed by atoms with Crippen molar-refractivity contribution in [3.05, 3.63) is 0 Å². The predicted octanol–water partition coefficient (Wildman–Crippen LogP) is 0.851. The van der Waals surface area contributed by atoms with Crippen LogP contribution in [0.4, 0.5) is 0 Å². The summed E-state index contributed by atoms with van der Waals surface area (Å²) in [7, 11) is 0. The fourth-order valence-corrected chi connectivity index (χ4v) is 1.33. The first-order chi connectivity index (χ1) is 4.34. The van der Waals surface area contributed by atoms with Gasteiger partial charge in [0.05, 0.1) is 0 Å². The van der Waals surface area contributed by atoms with Crippen molar-refractivity contribution in [3.63, 3.8) is 0 Å². The summed E-state index contributed by atoms with van der Waals surface area (Å²) in [4.78, 5) is 2.46. The van der Waals surface area contributed by atoms with Crippen LogP contribution in [0.2, 0.25) is 0 Å². The van der Waals surface area contributed by atoms with Crippen LogP contribution in [0.15, 0.2) is 0 Å². The van der Waals surface area contributed by atoms with Crippen molar-refractivity contribution in [2.75, 3.05) is 19.6 Å². The van der Waals surface area contributed by atoms with Crippen molar-refractivity contribution in [1.82, 2.24) is 4.90 Å². The van der Waals surface area contributed by atoms with E-state index in [-0.39, 0.29) is 12.4 Å². The zero-order chi connectivity index (χ0) is 6.69. The van der Waals surface area contributed by atoms with Gasteiger partial charge in [0.25, 0.3) is 0 Å². The molecule has 1 saturated heterocycles. The SMILES string of the molecule is C[C@@H](CN)N1CCCC1.Cl. The molecule has 1 aliphatic heterocycles. The first-order valence-corrected chi connectivity index (χ1v) is 3.78. The smallest absolute Gasteiger partial charge is 0.0190 e. The number of hydrogen-bond donors (Lipinski definition) is 1. The molecule has 0 spiro atoms. The van der Waals surface area contributed by atoms with Crippen LogP contribution in [0.25, 0.3) is 0 Å². The van der Waals surface area contributed by atoms with Gasteiger partial charge < -0.3 is 5.73 Å². The van der Waals surface area contributed by atoms with E-state index < -0.39 is 0 Å². The Bertz CT molecular complexity index is 81.7.